The van der Waals surface area contributed by atoms with Gasteiger partial charge in [-0.3, -0.25) is 0 Å². The van der Waals surface area contributed by atoms with Gasteiger partial charge >= 0.3 is 6.18 Å². The van der Waals surface area contributed by atoms with Gasteiger partial charge in [0.1, 0.15) is 0 Å². The van der Waals surface area contributed by atoms with Crippen LogP contribution in [0, 0.1) is 11.7 Å². The number of rotatable bonds is 1. The van der Waals surface area contributed by atoms with Gasteiger partial charge < -0.3 is 15.2 Å². The Morgan fingerprint density at radius 1 is 1.12 bits per heavy atom. The van der Waals surface area contributed by atoms with Gasteiger partial charge in [-0.2, -0.15) is 13.2 Å². The first kappa shape index (κ1) is 17.1. The first-order chi connectivity index (χ1) is 12.3. The van der Waals surface area contributed by atoms with Crippen molar-refractivity contribution >= 4 is 5.69 Å². The fraction of sp³-hybridized carbons (Fsp3) is 0.368. The van der Waals surface area contributed by atoms with Gasteiger partial charge in [0, 0.05) is 23.8 Å². The van der Waals surface area contributed by atoms with Crippen LogP contribution in [0.3, 0.4) is 0 Å². The number of aromatic hydroxyl groups is 1. The van der Waals surface area contributed by atoms with Crippen molar-refractivity contribution < 1.29 is 27.4 Å². The minimum Gasteiger partial charge on any atom is -0.505 e. The van der Waals surface area contributed by atoms with Gasteiger partial charge in [-0.05, 0) is 48.7 Å². The summed E-state index contributed by atoms with van der Waals surface area (Å²) in [7, 11) is 0. The maximum atomic E-state index is 13.4. The lowest BCUT2D eigenvalue weighted by Gasteiger charge is -2.43. The van der Waals surface area contributed by atoms with Crippen LogP contribution in [0.4, 0.5) is 23.2 Å². The highest BCUT2D eigenvalue weighted by Crippen LogP contribution is 2.50. The summed E-state index contributed by atoms with van der Waals surface area (Å²) in [4.78, 5) is 0. The third kappa shape index (κ3) is 2.90. The number of nitrogens with one attached hydrogen (secondary N) is 1. The molecule has 0 radical (unpaired) electrons. The molecular formula is C19H17F4NO2. The smallest absolute Gasteiger partial charge is 0.416 e. The van der Waals surface area contributed by atoms with Crippen molar-refractivity contribution in [3.63, 3.8) is 0 Å². The Bertz CT molecular complexity index is 837. The second-order valence-corrected chi connectivity index (χ2v) is 6.73. The topological polar surface area (TPSA) is 41.5 Å². The fourth-order valence-corrected chi connectivity index (χ4v) is 3.90. The Morgan fingerprint density at radius 2 is 1.92 bits per heavy atom. The number of hydrogen-bond donors (Lipinski definition) is 2. The summed E-state index contributed by atoms with van der Waals surface area (Å²) in [5, 5.41) is 12.9. The van der Waals surface area contributed by atoms with Gasteiger partial charge in [0.05, 0.1) is 17.7 Å². The fourth-order valence-electron chi connectivity index (χ4n) is 3.90. The van der Waals surface area contributed by atoms with Crippen molar-refractivity contribution in [1.82, 2.24) is 0 Å². The Kier molecular flexibility index (Phi) is 4.06. The molecule has 2 aromatic rings. The van der Waals surface area contributed by atoms with Crippen molar-refractivity contribution in [2.45, 2.75) is 31.2 Å². The van der Waals surface area contributed by atoms with Gasteiger partial charge in [-0.1, -0.05) is 6.07 Å². The van der Waals surface area contributed by atoms with Crippen LogP contribution in [-0.4, -0.2) is 11.7 Å². The molecule has 26 heavy (non-hydrogen) atoms. The van der Waals surface area contributed by atoms with Crippen LogP contribution in [0.1, 0.15) is 41.7 Å². The van der Waals surface area contributed by atoms with Crippen molar-refractivity contribution in [3.05, 3.63) is 58.9 Å². The maximum absolute atomic E-state index is 13.4. The van der Waals surface area contributed by atoms with Crippen LogP contribution in [-0.2, 0) is 10.9 Å². The van der Waals surface area contributed by atoms with E-state index in [4.69, 9.17) is 4.74 Å². The number of halogens is 4. The molecule has 2 aliphatic rings. The number of hydrogen-bond acceptors (Lipinski definition) is 3. The van der Waals surface area contributed by atoms with Gasteiger partial charge in [0.25, 0.3) is 0 Å². The molecule has 7 heteroatoms. The van der Waals surface area contributed by atoms with Crippen LogP contribution >= 0.6 is 0 Å². The highest BCUT2D eigenvalue weighted by atomic mass is 19.4. The Balaban J connectivity index is 1.77. The first-order valence-electron chi connectivity index (χ1n) is 8.42. The molecule has 2 heterocycles. The van der Waals surface area contributed by atoms with Crippen LogP contribution in [0.2, 0.25) is 0 Å². The number of phenolic OH excluding ortho intramolecular Hbond substituents is 1. The van der Waals surface area contributed by atoms with Crippen molar-refractivity contribution in [2.24, 2.45) is 5.92 Å². The molecule has 2 aliphatic heterocycles. The normalized spacial score (nSPS) is 25.2. The average molecular weight is 367 g/mol. The lowest BCUT2D eigenvalue weighted by molar-refractivity contribution is -0.137. The number of ether oxygens (including phenoxy) is 1. The van der Waals surface area contributed by atoms with E-state index in [-0.39, 0.29) is 12.0 Å². The van der Waals surface area contributed by atoms with Gasteiger partial charge in [-0.25, -0.2) is 4.39 Å². The first-order valence-corrected chi connectivity index (χ1v) is 8.42. The van der Waals surface area contributed by atoms with E-state index >= 15 is 0 Å². The molecule has 0 aliphatic carbocycles. The molecule has 4 rings (SSSR count). The molecule has 3 nitrogen and oxygen atoms in total. The van der Waals surface area contributed by atoms with E-state index in [1.54, 1.807) is 6.07 Å². The summed E-state index contributed by atoms with van der Waals surface area (Å²) in [5.41, 5.74) is 1.03. The molecule has 1 saturated heterocycles. The second-order valence-electron chi connectivity index (χ2n) is 6.73. The predicted octanol–water partition coefficient (Wildman–Crippen LogP) is 5.18. The number of benzene rings is 2. The van der Waals surface area contributed by atoms with Crippen LogP contribution in [0.25, 0.3) is 0 Å². The highest BCUT2D eigenvalue weighted by molar-refractivity contribution is 5.59. The zero-order chi connectivity index (χ0) is 18.5. The van der Waals surface area contributed by atoms with E-state index in [2.05, 4.69) is 5.32 Å². The summed E-state index contributed by atoms with van der Waals surface area (Å²) < 4.78 is 58.5. The predicted molar refractivity (Wildman–Crippen MR) is 87.3 cm³/mol. The summed E-state index contributed by atoms with van der Waals surface area (Å²) in [6.45, 7) is 0.484. The largest absolute Gasteiger partial charge is 0.505 e. The number of phenols is 1. The minimum atomic E-state index is -4.42. The molecule has 0 saturated carbocycles. The maximum Gasteiger partial charge on any atom is 0.416 e. The summed E-state index contributed by atoms with van der Waals surface area (Å²) >= 11 is 0. The zero-order valence-electron chi connectivity index (χ0n) is 13.7. The Labute approximate surface area is 147 Å². The lowest BCUT2D eigenvalue weighted by atomic mass is 9.77. The minimum absolute atomic E-state index is 0.107. The molecular weight excluding hydrogens is 350 g/mol. The van der Waals surface area contributed by atoms with Crippen LogP contribution in [0.15, 0.2) is 36.4 Å². The molecule has 2 aromatic carbocycles. The van der Waals surface area contributed by atoms with E-state index in [1.807, 2.05) is 0 Å². The number of fused-ring (bicyclic) bond motifs is 3. The number of alkyl halides is 3. The third-order valence-electron chi connectivity index (χ3n) is 5.12. The molecule has 1 fully saturated rings. The summed E-state index contributed by atoms with van der Waals surface area (Å²) in [5.74, 6) is -1.27. The van der Waals surface area contributed by atoms with E-state index in [0.29, 0.717) is 23.4 Å². The Morgan fingerprint density at radius 3 is 2.65 bits per heavy atom. The molecule has 0 unspecified atom stereocenters. The quantitative estimate of drug-likeness (QED) is 0.682. The summed E-state index contributed by atoms with van der Waals surface area (Å²) in [6, 6.07) is 7.42. The van der Waals surface area contributed by atoms with Gasteiger partial charge in [-0.15, -0.1) is 0 Å². The molecule has 2 N–H and O–H groups in total. The molecule has 0 spiro atoms. The van der Waals surface area contributed by atoms with E-state index in [0.717, 1.165) is 25.0 Å². The second kappa shape index (κ2) is 6.16. The van der Waals surface area contributed by atoms with Crippen molar-refractivity contribution in [3.8, 4) is 5.75 Å². The Hall–Kier alpha value is -2.28. The molecule has 0 aromatic heterocycles. The third-order valence-corrected chi connectivity index (χ3v) is 5.12. The van der Waals surface area contributed by atoms with E-state index in [9.17, 15) is 22.7 Å². The number of anilines is 1. The highest BCUT2D eigenvalue weighted by Gasteiger charge is 2.41. The van der Waals surface area contributed by atoms with E-state index in [1.165, 1.54) is 18.2 Å². The summed E-state index contributed by atoms with van der Waals surface area (Å²) in [6.07, 6.45) is -3.34. The zero-order valence-corrected chi connectivity index (χ0v) is 13.7. The molecule has 0 amide bonds. The standard InChI is InChI=1S/C19H17F4NO2/c20-14-5-3-10(8-16(14)25)17-12-2-1-7-26-18(12)13-9-11(19(21,22)23)4-6-15(13)24-17/h3-6,8-9,12,17-18,24-25H,1-2,7H2/t12-,17-,18-/m0/s1. The SMILES string of the molecule is Oc1cc([C@@H]2Nc3ccc(C(F)(F)F)cc3[C@H]3OCCC[C@H]32)ccc1F. The van der Waals surface area contributed by atoms with Crippen molar-refractivity contribution in [2.75, 3.05) is 11.9 Å². The van der Waals surface area contributed by atoms with Gasteiger partial charge in [0.15, 0.2) is 11.6 Å². The molecule has 3 atom stereocenters. The lowest BCUT2D eigenvalue weighted by Crippen LogP contribution is -2.36. The van der Waals surface area contributed by atoms with Crippen LogP contribution < -0.4 is 5.32 Å². The average Bonchev–Trinajstić information content (AvgIpc) is 2.62. The van der Waals surface area contributed by atoms with E-state index < -0.39 is 29.4 Å². The molecule has 0 bridgehead atoms. The van der Waals surface area contributed by atoms with Crippen molar-refractivity contribution in [1.29, 1.82) is 0 Å². The van der Waals surface area contributed by atoms with Crippen LogP contribution in [0.5, 0.6) is 5.75 Å². The van der Waals surface area contributed by atoms with Gasteiger partial charge in [0.2, 0.25) is 0 Å². The monoisotopic (exact) mass is 367 g/mol. The molecule has 138 valence electrons.